The van der Waals surface area contributed by atoms with Gasteiger partial charge in [0.1, 0.15) is 0 Å². The Morgan fingerprint density at radius 1 is 0.853 bits per heavy atom. The van der Waals surface area contributed by atoms with E-state index in [0.29, 0.717) is 5.57 Å². The predicted octanol–water partition coefficient (Wildman–Crippen LogP) is 4.75. The van der Waals surface area contributed by atoms with Gasteiger partial charge in [-0.3, -0.25) is 15.5 Å². The lowest BCUT2D eigenvalue weighted by Gasteiger charge is -2.43. The number of nitrogens with zero attached hydrogens (tertiary/aromatic N) is 3. The summed E-state index contributed by atoms with van der Waals surface area (Å²) in [5.74, 6) is -0.0751. The SMILES string of the molecule is CN1C(=O)C(c2ccc3ccccc3c2)=C(c2ccncc2)N(CCCc2ccccc2)C1N. The normalized spacial score (nSPS) is 16.4. The largest absolute Gasteiger partial charge is 0.338 e. The Bertz CT molecular complexity index is 1330. The second-order valence-electron chi connectivity index (χ2n) is 8.63. The molecule has 0 saturated heterocycles. The number of hydrogen-bond donors (Lipinski definition) is 1. The molecular formula is C29H28N4O. The van der Waals surface area contributed by atoms with Crippen molar-refractivity contribution in [3.63, 3.8) is 0 Å². The summed E-state index contributed by atoms with van der Waals surface area (Å²) in [5, 5.41) is 2.24. The van der Waals surface area contributed by atoms with E-state index in [1.807, 2.05) is 36.4 Å². The number of rotatable bonds is 6. The van der Waals surface area contributed by atoms with E-state index >= 15 is 0 Å². The minimum atomic E-state index is -0.546. The van der Waals surface area contributed by atoms with E-state index in [9.17, 15) is 4.79 Å². The van der Waals surface area contributed by atoms with Crippen LogP contribution in [-0.4, -0.2) is 40.6 Å². The highest BCUT2D eigenvalue weighted by molar-refractivity contribution is 6.27. The molecule has 34 heavy (non-hydrogen) atoms. The van der Waals surface area contributed by atoms with Gasteiger partial charge in [-0.2, -0.15) is 0 Å². The van der Waals surface area contributed by atoms with Gasteiger partial charge in [0.25, 0.3) is 5.91 Å². The number of aryl methyl sites for hydroxylation is 1. The molecular weight excluding hydrogens is 420 g/mol. The third-order valence-electron chi connectivity index (χ3n) is 6.47. The van der Waals surface area contributed by atoms with Crippen LogP contribution in [0.2, 0.25) is 0 Å². The fourth-order valence-corrected chi connectivity index (χ4v) is 4.65. The summed E-state index contributed by atoms with van der Waals surface area (Å²) in [6.45, 7) is 0.725. The van der Waals surface area contributed by atoms with Crippen molar-refractivity contribution in [1.82, 2.24) is 14.8 Å². The molecule has 1 aliphatic rings. The molecule has 0 fully saturated rings. The monoisotopic (exact) mass is 448 g/mol. The zero-order valence-corrected chi connectivity index (χ0v) is 19.3. The third kappa shape index (κ3) is 4.18. The van der Waals surface area contributed by atoms with Crippen LogP contribution in [0.3, 0.4) is 0 Å². The number of nitrogens with two attached hydrogens (primary N) is 1. The van der Waals surface area contributed by atoms with Crippen molar-refractivity contribution in [2.45, 2.75) is 19.1 Å². The Hall–Kier alpha value is -3.96. The van der Waals surface area contributed by atoms with Crippen LogP contribution in [-0.2, 0) is 11.2 Å². The van der Waals surface area contributed by atoms with Gasteiger partial charge in [-0.1, -0.05) is 66.7 Å². The lowest BCUT2D eigenvalue weighted by molar-refractivity contribution is -0.129. The molecule has 1 atom stereocenters. The molecule has 1 amide bonds. The zero-order valence-electron chi connectivity index (χ0n) is 19.3. The predicted molar refractivity (Wildman–Crippen MR) is 137 cm³/mol. The van der Waals surface area contributed by atoms with Crippen molar-refractivity contribution >= 4 is 27.9 Å². The number of amides is 1. The lowest BCUT2D eigenvalue weighted by Crippen LogP contribution is -2.57. The molecule has 2 N–H and O–H groups in total. The molecule has 0 spiro atoms. The quantitative estimate of drug-likeness (QED) is 0.462. The van der Waals surface area contributed by atoms with Crippen LogP contribution in [0.4, 0.5) is 0 Å². The van der Waals surface area contributed by atoms with E-state index in [-0.39, 0.29) is 5.91 Å². The molecule has 170 valence electrons. The maximum absolute atomic E-state index is 13.6. The Kier molecular flexibility index (Phi) is 6.11. The molecule has 0 saturated carbocycles. The Labute approximate surface area is 200 Å². The number of benzene rings is 3. The highest BCUT2D eigenvalue weighted by atomic mass is 16.2. The maximum Gasteiger partial charge on any atom is 0.258 e. The molecule has 1 unspecified atom stereocenters. The first kappa shape index (κ1) is 21.9. The molecule has 5 nitrogen and oxygen atoms in total. The fourth-order valence-electron chi connectivity index (χ4n) is 4.65. The standard InChI is InChI=1S/C29H28N4O/c1-32-28(34)26(25-14-13-22-11-5-6-12-24(22)20-25)27(23-15-17-31-18-16-23)33(29(32)30)19-7-10-21-8-3-2-4-9-21/h2-6,8-9,11-18,20,29H,7,10,19,30H2,1H3. The van der Waals surface area contributed by atoms with E-state index in [2.05, 4.69) is 58.4 Å². The first-order chi connectivity index (χ1) is 16.6. The first-order valence-corrected chi connectivity index (χ1v) is 11.6. The number of likely N-dealkylation sites (N-methyl/N-ethyl adjacent to an activating group) is 1. The molecule has 5 heteroatoms. The summed E-state index contributed by atoms with van der Waals surface area (Å²) in [6.07, 6.45) is 4.83. The average molecular weight is 449 g/mol. The lowest BCUT2D eigenvalue weighted by atomic mass is 9.93. The van der Waals surface area contributed by atoms with Gasteiger partial charge >= 0.3 is 0 Å². The topological polar surface area (TPSA) is 62.5 Å². The minimum absolute atomic E-state index is 0.0751. The average Bonchev–Trinajstić information content (AvgIpc) is 2.89. The minimum Gasteiger partial charge on any atom is -0.338 e. The molecule has 4 aromatic rings. The Morgan fingerprint density at radius 3 is 2.32 bits per heavy atom. The summed E-state index contributed by atoms with van der Waals surface area (Å²) in [4.78, 5) is 21.6. The van der Waals surface area contributed by atoms with Crippen molar-refractivity contribution < 1.29 is 4.79 Å². The fraction of sp³-hybridized carbons (Fsp3) is 0.172. The molecule has 0 aliphatic carbocycles. The van der Waals surface area contributed by atoms with Crippen molar-refractivity contribution in [2.75, 3.05) is 13.6 Å². The second kappa shape index (κ2) is 9.49. The smallest absolute Gasteiger partial charge is 0.258 e. The van der Waals surface area contributed by atoms with E-state index in [0.717, 1.165) is 47.0 Å². The summed E-state index contributed by atoms with van der Waals surface area (Å²) in [7, 11) is 1.78. The Balaban J connectivity index is 1.61. The van der Waals surface area contributed by atoms with E-state index in [1.54, 1.807) is 24.3 Å². The van der Waals surface area contributed by atoms with Gasteiger partial charge in [0.15, 0.2) is 6.29 Å². The Morgan fingerprint density at radius 2 is 1.56 bits per heavy atom. The molecule has 1 aliphatic heterocycles. The van der Waals surface area contributed by atoms with Gasteiger partial charge in [0.05, 0.1) is 11.3 Å². The van der Waals surface area contributed by atoms with Crippen molar-refractivity contribution in [3.8, 4) is 0 Å². The zero-order chi connectivity index (χ0) is 23.5. The van der Waals surface area contributed by atoms with Crippen LogP contribution >= 0.6 is 0 Å². The van der Waals surface area contributed by atoms with E-state index in [1.165, 1.54) is 5.56 Å². The molecule has 0 radical (unpaired) electrons. The molecule has 1 aromatic heterocycles. The van der Waals surface area contributed by atoms with Crippen molar-refractivity contribution in [3.05, 3.63) is 114 Å². The molecule has 0 bridgehead atoms. The van der Waals surface area contributed by atoms with Gasteiger partial charge in [0, 0.05) is 31.5 Å². The van der Waals surface area contributed by atoms with Crippen LogP contribution in [0.15, 0.2) is 97.3 Å². The molecule has 2 heterocycles. The number of carbonyl (C=O) groups excluding carboxylic acids is 1. The van der Waals surface area contributed by atoms with Crippen LogP contribution in [0.1, 0.15) is 23.1 Å². The number of aromatic nitrogens is 1. The van der Waals surface area contributed by atoms with E-state index < -0.39 is 6.29 Å². The first-order valence-electron chi connectivity index (χ1n) is 11.6. The van der Waals surface area contributed by atoms with Crippen LogP contribution < -0.4 is 5.73 Å². The van der Waals surface area contributed by atoms with Gasteiger partial charge < -0.3 is 9.80 Å². The maximum atomic E-state index is 13.6. The van der Waals surface area contributed by atoms with Crippen LogP contribution in [0.5, 0.6) is 0 Å². The summed E-state index contributed by atoms with van der Waals surface area (Å²) < 4.78 is 0. The summed E-state index contributed by atoms with van der Waals surface area (Å²) in [5.41, 5.74) is 11.3. The molecule has 5 rings (SSSR count). The van der Waals surface area contributed by atoms with Gasteiger partial charge in [-0.05, 0) is 52.9 Å². The van der Waals surface area contributed by atoms with Gasteiger partial charge in [-0.25, -0.2) is 0 Å². The van der Waals surface area contributed by atoms with Gasteiger partial charge in [0.2, 0.25) is 0 Å². The third-order valence-corrected chi connectivity index (χ3v) is 6.47. The van der Waals surface area contributed by atoms with Crippen LogP contribution in [0, 0.1) is 0 Å². The summed E-state index contributed by atoms with van der Waals surface area (Å²) >= 11 is 0. The summed E-state index contributed by atoms with van der Waals surface area (Å²) in [6, 6.07) is 28.7. The number of carbonyl (C=O) groups is 1. The highest BCUT2D eigenvalue weighted by Crippen LogP contribution is 2.37. The highest BCUT2D eigenvalue weighted by Gasteiger charge is 2.36. The number of pyridine rings is 1. The second-order valence-corrected chi connectivity index (χ2v) is 8.63. The van der Waals surface area contributed by atoms with E-state index in [4.69, 9.17) is 5.73 Å². The molecule has 3 aromatic carbocycles. The number of fused-ring (bicyclic) bond motifs is 1. The van der Waals surface area contributed by atoms with Crippen molar-refractivity contribution in [2.24, 2.45) is 5.73 Å². The van der Waals surface area contributed by atoms with Crippen molar-refractivity contribution in [1.29, 1.82) is 0 Å². The number of hydrogen-bond acceptors (Lipinski definition) is 4. The van der Waals surface area contributed by atoms with Gasteiger partial charge in [-0.15, -0.1) is 0 Å². The van der Waals surface area contributed by atoms with Crippen LogP contribution in [0.25, 0.3) is 22.0 Å².